The topological polar surface area (TPSA) is 54.9 Å². The molecule has 0 aliphatic carbocycles. The van der Waals surface area contributed by atoms with Gasteiger partial charge in [0.15, 0.2) is 5.13 Å². The average molecular weight is 545 g/mol. The zero-order chi connectivity index (χ0) is 24.0. The molecule has 0 bridgehead atoms. The molecular weight excluding hydrogens is 517 g/mol. The summed E-state index contributed by atoms with van der Waals surface area (Å²) in [6, 6.07) is 22.5. The second-order valence-electron chi connectivity index (χ2n) is 8.29. The molecule has 2 heterocycles. The van der Waals surface area contributed by atoms with Crippen molar-refractivity contribution in [3.63, 3.8) is 0 Å². The maximum atomic E-state index is 13.6. The number of aromatic nitrogens is 1. The number of morpholine rings is 1. The fraction of sp³-hybridized carbons (Fsp3) is 0.259. The number of hydrogen-bond acceptors (Lipinski definition) is 6. The molecule has 9 heteroatoms. The van der Waals surface area contributed by atoms with Gasteiger partial charge in [0.25, 0.3) is 5.91 Å². The van der Waals surface area contributed by atoms with E-state index < -0.39 is 0 Å². The number of halogens is 2. The summed E-state index contributed by atoms with van der Waals surface area (Å²) in [5.41, 5.74) is 1.31. The number of rotatable bonds is 8. The van der Waals surface area contributed by atoms with Crippen molar-refractivity contribution < 1.29 is 14.3 Å². The molecule has 0 unspecified atom stereocenters. The van der Waals surface area contributed by atoms with Gasteiger partial charge in [-0.25, -0.2) is 4.98 Å². The van der Waals surface area contributed by atoms with Gasteiger partial charge in [0, 0.05) is 31.7 Å². The van der Waals surface area contributed by atoms with Crippen molar-refractivity contribution in [1.29, 1.82) is 0 Å². The quantitative estimate of drug-likeness (QED) is 0.252. The lowest BCUT2D eigenvalue weighted by Gasteiger charge is -2.27. The number of carbonyl (C=O) groups excluding carboxylic acids is 1. The summed E-state index contributed by atoms with van der Waals surface area (Å²) in [5.74, 6) is 1.34. The first-order chi connectivity index (χ1) is 17.2. The lowest BCUT2D eigenvalue weighted by atomic mass is 10.2. The Balaban J connectivity index is 0.00000304. The Morgan fingerprint density at radius 1 is 1.00 bits per heavy atom. The Morgan fingerprint density at radius 3 is 2.44 bits per heavy atom. The third-order valence-electron chi connectivity index (χ3n) is 5.87. The molecule has 0 atom stereocenters. The second-order valence-corrected chi connectivity index (χ2v) is 9.70. The van der Waals surface area contributed by atoms with E-state index in [0.29, 0.717) is 28.0 Å². The monoisotopic (exact) mass is 543 g/mol. The van der Waals surface area contributed by atoms with E-state index in [1.54, 1.807) is 17.0 Å². The highest BCUT2D eigenvalue weighted by molar-refractivity contribution is 7.22. The Labute approximate surface area is 225 Å². The minimum atomic E-state index is -0.0894. The Bertz CT molecular complexity index is 1280. The summed E-state index contributed by atoms with van der Waals surface area (Å²) in [4.78, 5) is 22.5. The number of thiazole rings is 1. The molecule has 0 N–H and O–H groups in total. The number of carbonyl (C=O) groups is 1. The summed E-state index contributed by atoms with van der Waals surface area (Å²) in [7, 11) is 0. The predicted molar refractivity (Wildman–Crippen MR) is 148 cm³/mol. The summed E-state index contributed by atoms with van der Waals surface area (Å²) in [6.45, 7) is 4.84. The number of anilines is 1. The molecule has 0 saturated carbocycles. The fourth-order valence-corrected chi connectivity index (χ4v) is 5.32. The fourth-order valence-electron chi connectivity index (χ4n) is 4.03. The van der Waals surface area contributed by atoms with Gasteiger partial charge >= 0.3 is 0 Å². The van der Waals surface area contributed by atoms with Crippen LogP contribution in [0.25, 0.3) is 10.2 Å². The standard InChI is InChI=1S/C27H26ClN3O3S.ClH/c28-23-8-4-9-24-25(23)29-27(35-24)31(15-5-14-30-16-18-33-19-17-30)26(32)20-10-12-22(13-11-20)34-21-6-2-1-3-7-21;/h1-4,6-13H,5,14-19H2;1H. The minimum absolute atomic E-state index is 0. The van der Waals surface area contributed by atoms with Gasteiger partial charge < -0.3 is 9.47 Å². The third-order valence-corrected chi connectivity index (χ3v) is 7.22. The SMILES string of the molecule is Cl.O=C(c1ccc(Oc2ccccc2)cc1)N(CCCN1CCOCC1)c1nc2c(Cl)cccc2s1. The molecule has 1 fully saturated rings. The van der Waals surface area contributed by atoms with Gasteiger partial charge in [0.05, 0.1) is 22.9 Å². The lowest BCUT2D eigenvalue weighted by Crippen LogP contribution is -2.39. The van der Waals surface area contributed by atoms with Gasteiger partial charge in [-0.05, 0) is 55.0 Å². The van der Waals surface area contributed by atoms with Gasteiger partial charge in [-0.3, -0.25) is 14.6 Å². The highest BCUT2D eigenvalue weighted by Gasteiger charge is 2.22. The van der Waals surface area contributed by atoms with Crippen molar-refractivity contribution in [1.82, 2.24) is 9.88 Å². The van der Waals surface area contributed by atoms with Crippen molar-refractivity contribution in [3.8, 4) is 11.5 Å². The van der Waals surface area contributed by atoms with Crippen molar-refractivity contribution in [2.45, 2.75) is 6.42 Å². The van der Waals surface area contributed by atoms with E-state index in [-0.39, 0.29) is 18.3 Å². The summed E-state index contributed by atoms with van der Waals surface area (Å²) in [5, 5.41) is 1.25. The van der Waals surface area contributed by atoms with Gasteiger partial charge in [0.1, 0.15) is 17.0 Å². The smallest absolute Gasteiger partial charge is 0.260 e. The molecule has 6 nitrogen and oxygen atoms in total. The molecule has 4 aromatic rings. The molecule has 1 amide bonds. The molecule has 1 saturated heterocycles. The van der Waals surface area contributed by atoms with Crippen LogP contribution in [-0.2, 0) is 4.74 Å². The summed E-state index contributed by atoms with van der Waals surface area (Å²) in [6.07, 6.45) is 0.838. The normalized spacial score (nSPS) is 13.8. The summed E-state index contributed by atoms with van der Waals surface area (Å²) < 4.78 is 12.3. The van der Waals surface area contributed by atoms with E-state index in [1.807, 2.05) is 60.7 Å². The molecule has 0 spiro atoms. The van der Waals surface area contributed by atoms with Crippen LogP contribution in [0.3, 0.4) is 0 Å². The van der Waals surface area contributed by atoms with Gasteiger partial charge in [-0.1, -0.05) is 47.2 Å². The van der Waals surface area contributed by atoms with Gasteiger partial charge in [-0.2, -0.15) is 0 Å². The zero-order valence-corrected chi connectivity index (χ0v) is 22.0. The number of nitrogens with zero attached hydrogens (tertiary/aromatic N) is 3. The van der Waals surface area contributed by atoms with Crippen LogP contribution < -0.4 is 9.64 Å². The van der Waals surface area contributed by atoms with Crippen LogP contribution in [-0.4, -0.2) is 55.2 Å². The first-order valence-corrected chi connectivity index (χ1v) is 12.9. The molecular formula is C27H27Cl2N3O3S. The number of amides is 1. The van der Waals surface area contributed by atoms with E-state index in [2.05, 4.69) is 4.90 Å². The van der Waals surface area contributed by atoms with Crippen molar-refractivity contribution in [2.75, 3.05) is 44.3 Å². The lowest BCUT2D eigenvalue weighted by molar-refractivity contribution is 0.0376. The zero-order valence-electron chi connectivity index (χ0n) is 19.6. The molecule has 5 rings (SSSR count). The van der Waals surface area contributed by atoms with Crippen molar-refractivity contribution in [3.05, 3.63) is 83.4 Å². The van der Waals surface area contributed by atoms with E-state index in [9.17, 15) is 4.79 Å². The highest BCUT2D eigenvalue weighted by atomic mass is 35.5. The van der Waals surface area contributed by atoms with Gasteiger partial charge in [-0.15, -0.1) is 12.4 Å². The molecule has 1 aromatic heterocycles. The maximum absolute atomic E-state index is 13.6. The van der Waals surface area contributed by atoms with Crippen LogP contribution >= 0.6 is 35.3 Å². The molecule has 36 heavy (non-hydrogen) atoms. The second kappa shape index (κ2) is 12.5. The molecule has 3 aromatic carbocycles. The largest absolute Gasteiger partial charge is 0.457 e. The molecule has 1 aliphatic heterocycles. The van der Waals surface area contributed by atoms with Crippen LogP contribution in [0.15, 0.2) is 72.8 Å². The first-order valence-electron chi connectivity index (χ1n) is 11.7. The van der Waals surface area contributed by atoms with Crippen LogP contribution in [0.4, 0.5) is 5.13 Å². The van der Waals surface area contributed by atoms with Crippen LogP contribution in [0.1, 0.15) is 16.8 Å². The van der Waals surface area contributed by atoms with E-state index in [0.717, 1.165) is 55.2 Å². The highest BCUT2D eigenvalue weighted by Crippen LogP contribution is 2.34. The number of fused-ring (bicyclic) bond motifs is 1. The Hall–Kier alpha value is -2.68. The number of hydrogen-bond donors (Lipinski definition) is 0. The van der Waals surface area contributed by atoms with Crippen molar-refractivity contribution in [2.24, 2.45) is 0 Å². The molecule has 1 aliphatic rings. The number of para-hydroxylation sites is 2. The number of benzene rings is 3. The molecule has 188 valence electrons. The van der Waals surface area contributed by atoms with Crippen LogP contribution in [0, 0.1) is 0 Å². The number of ether oxygens (including phenoxy) is 2. The van der Waals surface area contributed by atoms with Crippen LogP contribution in [0.5, 0.6) is 11.5 Å². The van der Waals surface area contributed by atoms with Crippen LogP contribution in [0.2, 0.25) is 5.02 Å². The van der Waals surface area contributed by atoms with Gasteiger partial charge in [0.2, 0.25) is 0 Å². The Morgan fingerprint density at radius 2 is 1.72 bits per heavy atom. The first kappa shape index (κ1) is 26.4. The third kappa shape index (κ3) is 6.35. The van der Waals surface area contributed by atoms with Crippen molar-refractivity contribution >= 4 is 56.6 Å². The average Bonchev–Trinajstić information content (AvgIpc) is 3.33. The summed E-state index contributed by atoms with van der Waals surface area (Å²) >= 11 is 7.85. The van der Waals surface area contributed by atoms with E-state index >= 15 is 0 Å². The van der Waals surface area contributed by atoms with E-state index in [4.69, 9.17) is 26.1 Å². The predicted octanol–water partition coefficient (Wildman–Crippen LogP) is 6.53. The minimum Gasteiger partial charge on any atom is -0.457 e. The van der Waals surface area contributed by atoms with E-state index in [1.165, 1.54) is 11.3 Å². The molecule has 0 radical (unpaired) electrons. The Kier molecular flexibility index (Phi) is 9.18. The maximum Gasteiger partial charge on any atom is 0.260 e.